The highest BCUT2D eigenvalue weighted by Crippen LogP contribution is 2.41. The van der Waals surface area contributed by atoms with Gasteiger partial charge in [-0.1, -0.05) is 23.2 Å². The number of ether oxygens (including phenoxy) is 2. The molecule has 2 amide bonds. The van der Waals surface area contributed by atoms with Crippen molar-refractivity contribution in [3.63, 3.8) is 0 Å². The van der Waals surface area contributed by atoms with Crippen LogP contribution in [0.15, 0.2) is 36.4 Å². The summed E-state index contributed by atoms with van der Waals surface area (Å²) in [7, 11) is 0. The van der Waals surface area contributed by atoms with Crippen molar-refractivity contribution in [1.82, 2.24) is 0 Å². The van der Waals surface area contributed by atoms with Crippen molar-refractivity contribution < 1.29 is 19.1 Å². The minimum Gasteiger partial charge on any atom is -0.454 e. The van der Waals surface area contributed by atoms with Crippen LogP contribution in [0.25, 0.3) is 0 Å². The Morgan fingerprint density at radius 3 is 2.42 bits per heavy atom. The average molecular weight is 393 g/mol. The molecule has 8 heteroatoms. The molecule has 1 aliphatic carbocycles. The molecule has 4 rings (SSSR count). The van der Waals surface area contributed by atoms with Gasteiger partial charge in [-0.15, -0.1) is 0 Å². The molecular weight excluding hydrogens is 379 g/mol. The molecule has 0 radical (unpaired) electrons. The minimum atomic E-state index is -0.379. The molecule has 2 N–H and O–H groups in total. The highest BCUT2D eigenvalue weighted by Gasteiger charge is 2.48. The smallest absolute Gasteiger partial charge is 0.231 e. The highest BCUT2D eigenvalue weighted by molar-refractivity contribution is 6.36. The molecule has 0 aromatic heterocycles. The van der Waals surface area contributed by atoms with E-state index in [1.165, 1.54) is 0 Å². The molecule has 2 unspecified atom stereocenters. The van der Waals surface area contributed by atoms with Crippen LogP contribution in [-0.4, -0.2) is 18.6 Å². The topological polar surface area (TPSA) is 76.7 Å². The van der Waals surface area contributed by atoms with Crippen LogP contribution in [0.2, 0.25) is 10.0 Å². The Balaban J connectivity index is 1.35. The van der Waals surface area contributed by atoms with Crippen molar-refractivity contribution >= 4 is 46.4 Å². The molecule has 2 atom stereocenters. The lowest BCUT2D eigenvalue weighted by molar-refractivity contribution is -0.122. The van der Waals surface area contributed by atoms with E-state index >= 15 is 0 Å². The van der Waals surface area contributed by atoms with E-state index in [-0.39, 0.29) is 30.4 Å². The summed E-state index contributed by atoms with van der Waals surface area (Å²) in [5.74, 6) is 0.0466. The van der Waals surface area contributed by atoms with Gasteiger partial charge >= 0.3 is 0 Å². The molecule has 26 heavy (non-hydrogen) atoms. The summed E-state index contributed by atoms with van der Waals surface area (Å²) in [5.41, 5.74) is 1.08. The van der Waals surface area contributed by atoms with Crippen LogP contribution in [0.5, 0.6) is 11.5 Å². The third-order valence-corrected chi connectivity index (χ3v) is 4.84. The zero-order valence-corrected chi connectivity index (χ0v) is 14.9. The third-order valence-electron chi connectivity index (χ3n) is 4.29. The second-order valence-electron chi connectivity index (χ2n) is 6.12. The molecule has 0 spiro atoms. The third kappa shape index (κ3) is 3.43. The summed E-state index contributed by atoms with van der Waals surface area (Å²) in [6.45, 7) is 0.171. The van der Waals surface area contributed by atoms with Crippen molar-refractivity contribution in [2.45, 2.75) is 6.42 Å². The maximum absolute atomic E-state index is 12.3. The normalized spacial score (nSPS) is 19.8. The van der Waals surface area contributed by atoms with Crippen molar-refractivity contribution in [3.8, 4) is 11.5 Å². The molecule has 134 valence electrons. The van der Waals surface area contributed by atoms with Gasteiger partial charge in [0.15, 0.2) is 11.5 Å². The summed E-state index contributed by atoms with van der Waals surface area (Å²) in [6.07, 6.45) is 0.493. The molecule has 1 heterocycles. The van der Waals surface area contributed by atoms with E-state index in [4.69, 9.17) is 32.7 Å². The molecule has 2 aliphatic rings. The molecule has 2 aromatic rings. The lowest BCUT2D eigenvalue weighted by atomic mass is 10.2. The highest BCUT2D eigenvalue weighted by atomic mass is 35.5. The first-order valence-electron chi connectivity index (χ1n) is 7.98. The maximum atomic E-state index is 12.3. The Morgan fingerprint density at radius 1 is 0.923 bits per heavy atom. The van der Waals surface area contributed by atoms with E-state index in [0.29, 0.717) is 39.3 Å². The monoisotopic (exact) mass is 392 g/mol. The van der Waals surface area contributed by atoms with E-state index in [9.17, 15) is 9.59 Å². The van der Waals surface area contributed by atoms with Gasteiger partial charge in [0.1, 0.15) is 0 Å². The average Bonchev–Trinajstić information content (AvgIpc) is 3.28. The molecular formula is C18H14Cl2N2O4. The first-order valence-corrected chi connectivity index (χ1v) is 8.73. The van der Waals surface area contributed by atoms with Gasteiger partial charge in [-0.05, 0) is 36.8 Å². The van der Waals surface area contributed by atoms with E-state index in [1.807, 2.05) is 0 Å². The quantitative estimate of drug-likeness (QED) is 0.825. The zero-order chi connectivity index (χ0) is 18.3. The van der Waals surface area contributed by atoms with Gasteiger partial charge in [0, 0.05) is 16.8 Å². The largest absolute Gasteiger partial charge is 0.454 e. The fraction of sp³-hybridized carbons (Fsp3) is 0.222. The predicted octanol–water partition coefficient (Wildman–Crippen LogP) is 3.94. The second kappa shape index (κ2) is 6.70. The van der Waals surface area contributed by atoms with Gasteiger partial charge in [-0.3, -0.25) is 9.59 Å². The van der Waals surface area contributed by atoms with E-state index < -0.39 is 0 Å². The molecule has 0 bridgehead atoms. The number of fused-ring (bicyclic) bond motifs is 1. The number of benzene rings is 2. The summed E-state index contributed by atoms with van der Waals surface area (Å²) in [6, 6.07) is 9.99. The van der Waals surface area contributed by atoms with E-state index in [0.717, 1.165) is 0 Å². The number of halogens is 2. The molecule has 1 aliphatic heterocycles. The van der Waals surface area contributed by atoms with Gasteiger partial charge < -0.3 is 20.1 Å². The fourth-order valence-corrected chi connectivity index (χ4v) is 3.26. The molecule has 6 nitrogen and oxygen atoms in total. The Bertz CT molecular complexity index is 903. The van der Waals surface area contributed by atoms with Crippen LogP contribution >= 0.6 is 23.2 Å². The first-order chi connectivity index (χ1) is 12.5. The van der Waals surface area contributed by atoms with Crippen LogP contribution in [0.1, 0.15) is 6.42 Å². The van der Waals surface area contributed by atoms with Gasteiger partial charge in [0.25, 0.3) is 0 Å². The van der Waals surface area contributed by atoms with Crippen molar-refractivity contribution in [2.75, 3.05) is 17.4 Å². The van der Waals surface area contributed by atoms with Gasteiger partial charge in [0.2, 0.25) is 18.6 Å². The Labute approximate surface area is 159 Å². The Hall–Kier alpha value is -2.44. The second-order valence-corrected chi connectivity index (χ2v) is 6.96. The fourth-order valence-electron chi connectivity index (χ4n) is 2.80. The van der Waals surface area contributed by atoms with Crippen LogP contribution in [-0.2, 0) is 9.59 Å². The molecule has 0 saturated heterocycles. The van der Waals surface area contributed by atoms with Crippen molar-refractivity contribution in [2.24, 2.45) is 11.8 Å². The number of carbonyl (C=O) groups excluding carboxylic acids is 2. The minimum absolute atomic E-state index is 0.171. The standard InChI is InChI=1S/C18H14Cl2N2O4/c19-9-1-3-14(13(20)5-9)22-18(24)12-7-11(12)17(23)21-10-2-4-15-16(6-10)26-8-25-15/h1-6,11-12H,7-8H2,(H,21,23)(H,22,24). The van der Waals surface area contributed by atoms with Crippen LogP contribution < -0.4 is 20.1 Å². The molecule has 1 saturated carbocycles. The lowest BCUT2D eigenvalue weighted by Gasteiger charge is -2.08. The zero-order valence-electron chi connectivity index (χ0n) is 13.4. The number of rotatable bonds is 4. The predicted molar refractivity (Wildman–Crippen MR) is 97.9 cm³/mol. The number of nitrogens with one attached hydrogen (secondary N) is 2. The molecule has 2 aromatic carbocycles. The Morgan fingerprint density at radius 2 is 1.65 bits per heavy atom. The Kier molecular flexibility index (Phi) is 4.38. The van der Waals surface area contributed by atoms with Gasteiger partial charge in [-0.25, -0.2) is 0 Å². The molecule has 1 fully saturated rings. The number of amides is 2. The summed E-state index contributed by atoms with van der Waals surface area (Å²) in [4.78, 5) is 24.7. The number of hydrogen-bond donors (Lipinski definition) is 2. The van der Waals surface area contributed by atoms with Crippen LogP contribution in [0.3, 0.4) is 0 Å². The van der Waals surface area contributed by atoms with E-state index in [2.05, 4.69) is 10.6 Å². The summed E-state index contributed by atoms with van der Waals surface area (Å²) >= 11 is 11.9. The number of hydrogen-bond acceptors (Lipinski definition) is 4. The van der Waals surface area contributed by atoms with Crippen LogP contribution in [0, 0.1) is 11.8 Å². The van der Waals surface area contributed by atoms with Crippen LogP contribution in [0.4, 0.5) is 11.4 Å². The maximum Gasteiger partial charge on any atom is 0.231 e. The van der Waals surface area contributed by atoms with Gasteiger partial charge in [-0.2, -0.15) is 0 Å². The summed E-state index contributed by atoms with van der Waals surface area (Å²) in [5, 5.41) is 6.38. The van der Waals surface area contributed by atoms with E-state index in [1.54, 1.807) is 36.4 Å². The summed E-state index contributed by atoms with van der Waals surface area (Å²) < 4.78 is 10.5. The first kappa shape index (κ1) is 17.0. The number of carbonyl (C=O) groups is 2. The SMILES string of the molecule is O=C(Nc1ccc2c(c1)OCO2)C1CC1C(=O)Nc1ccc(Cl)cc1Cl. The number of anilines is 2. The lowest BCUT2D eigenvalue weighted by Crippen LogP contribution is -2.20. The van der Waals surface area contributed by atoms with Crippen molar-refractivity contribution in [1.29, 1.82) is 0 Å². The van der Waals surface area contributed by atoms with Crippen molar-refractivity contribution in [3.05, 3.63) is 46.4 Å². The van der Waals surface area contributed by atoms with Gasteiger partial charge in [0.05, 0.1) is 22.5 Å².